The van der Waals surface area contributed by atoms with Gasteiger partial charge in [0.15, 0.2) is 0 Å². The lowest BCUT2D eigenvalue weighted by molar-refractivity contribution is -0.120. The molecule has 1 amide bonds. The lowest BCUT2D eigenvalue weighted by Gasteiger charge is -2.10. The number of amides is 1. The van der Waals surface area contributed by atoms with Crippen LogP contribution in [0.2, 0.25) is 0 Å². The van der Waals surface area contributed by atoms with Crippen molar-refractivity contribution >= 4 is 11.6 Å². The number of rotatable bonds is 8. The van der Waals surface area contributed by atoms with Crippen LogP contribution in [0.1, 0.15) is 24.0 Å². The van der Waals surface area contributed by atoms with Crippen molar-refractivity contribution in [2.45, 2.75) is 26.7 Å². The van der Waals surface area contributed by atoms with E-state index in [1.165, 1.54) is 11.1 Å². The van der Waals surface area contributed by atoms with Gasteiger partial charge in [-0.1, -0.05) is 17.7 Å². The first-order valence-electron chi connectivity index (χ1n) is 6.70. The molecule has 0 spiro atoms. The highest BCUT2D eigenvalue weighted by atomic mass is 16.5. The maximum Gasteiger partial charge on any atom is 0.221 e. The monoisotopic (exact) mass is 264 g/mol. The van der Waals surface area contributed by atoms with Gasteiger partial charge in [0.05, 0.1) is 0 Å². The molecule has 0 bridgehead atoms. The van der Waals surface area contributed by atoms with Crippen molar-refractivity contribution in [2.24, 2.45) is 0 Å². The number of nitrogens with one attached hydrogen (secondary N) is 2. The molecule has 0 unspecified atom stereocenters. The summed E-state index contributed by atoms with van der Waals surface area (Å²) in [6.45, 7) is 6.15. The van der Waals surface area contributed by atoms with E-state index in [1.54, 1.807) is 7.11 Å². The fourth-order valence-corrected chi connectivity index (χ4v) is 1.86. The van der Waals surface area contributed by atoms with E-state index in [2.05, 4.69) is 42.7 Å². The van der Waals surface area contributed by atoms with Crippen molar-refractivity contribution in [3.8, 4) is 0 Å². The van der Waals surface area contributed by atoms with Crippen molar-refractivity contribution in [1.82, 2.24) is 5.32 Å². The second-order valence-corrected chi connectivity index (χ2v) is 4.69. The summed E-state index contributed by atoms with van der Waals surface area (Å²) in [4.78, 5) is 11.5. The summed E-state index contributed by atoms with van der Waals surface area (Å²) in [6, 6.07) is 6.26. The number of carbonyl (C=O) groups is 1. The molecule has 4 nitrogen and oxygen atoms in total. The van der Waals surface area contributed by atoms with Crippen LogP contribution in [-0.2, 0) is 9.53 Å². The van der Waals surface area contributed by atoms with Crippen molar-refractivity contribution in [1.29, 1.82) is 0 Å². The van der Waals surface area contributed by atoms with E-state index in [-0.39, 0.29) is 5.91 Å². The lowest BCUT2D eigenvalue weighted by Crippen LogP contribution is -2.26. The Morgan fingerprint density at radius 1 is 1.26 bits per heavy atom. The van der Waals surface area contributed by atoms with Gasteiger partial charge in [-0.2, -0.15) is 0 Å². The van der Waals surface area contributed by atoms with Gasteiger partial charge in [-0.05, 0) is 31.9 Å². The Labute approximate surface area is 115 Å². The van der Waals surface area contributed by atoms with E-state index < -0.39 is 0 Å². The van der Waals surface area contributed by atoms with Crippen LogP contribution in [0.5, 0.6) is 0 Å². The van der Waals surface area contributed by atoms with Crippen LogP contribution in [-0.4, -0.2) is 32.7 Å². The first-order chi connectivity index (χ1) is 9.13. The second-order valence-electron chi connectivity index (χ2n) is 4.69. The summed E-state index contributed by atoms with van der Waals surface area (Å²) in [5.41, 5.74) is 3.55. The highest BCUT2D eigenvalue weighted by molar-refractivity contribution is 5.76. The van der Waals surface area contributed by atoms with Gasteiger partial charge in [0.25, 0.3) is 0 Å². The van der Waals surface area contributed by atoms with Gasteiger partial charge in [-0.3, -0.25) is 4.79 Å². The van der Waals surface area contributed by atoms with E-state index >= 15 is 0 Å². The molecule has 0 aliphatic rings. The third-order valence-electron chi connectivity index (χ3n) is 2.90. The minimum absolute atomic E-state index is 0.0772. The summed E-state index contributed by atoms with van der Waals surface area (Å²) in [5.74, 6) is 0.0772. The third kappa shape index (κ3) is 6.25. The topological polar surface area (TPSA) is 50.4 Å². The standard InChI is InChI=1S/C15H24N2O2/c1-12-5-6-14(13(2)11-12)16-9-7-15(18)17-8-4-10-19-3/h5-6,11,16H,4,7-10H2,1-3H3,(H,17,18). The van der Waals surface area contributed by atoms with Crippen LogP contribution in [0.3, 0.4) is 0 Å². The van der Waals surface area contributed by atoms with Crippen LogP contribution in [0.4, 0.5) is 5.69 Å². The molecule has 0 saturated carbocycles. The third-order valence-corrected chi connectivity index (χ3v) is 2.90. The highest BCUT2D eigenvalue weighted by Gasteiger charge is 2.02. The van der Waals surface area contributed by atoms with E-state index in [0.29, 0.717) is 26.1 Å². The molecule has 0 aliphatic carbocycles. The highest BCUT2D eigenvalue weighted by Crippen LogP contribution is 2.15. The molecule has 0 aromatic heterocycles. The quantitative estimate of drug-likeness (QED) is 0.708. The smallest absolute Gasteiger partial charge is 0.221 e. The predicted molar refractivity (Wildman–Crippen MR) is 78.5 cm³/mol. The number of anilines is 1. The summed E-state index contributed by atoms with van der Waals surface area (Å²) in [7, 11) is 1.66. The zero-order valence-electron chi connectivity index (χ0n) is 12.1. The van der Waals surface area contributed by atoms with Crippen LogP contribution in [0.25, 0.3) is 0 Å². The zero-order valence-corrected chi connectivity index (χ0v) is 12.1. The fraction of sp³-hybridized carbons (Fsp3) is 0.533. The fourth-order valence-electron chi connectivity index (χ4n) is 1.86. The number of benzene rings is 1. The summed E-state index contributed by atoms with van der Waals surface area (Å²) < 4.78 is 4.92. The van der Waals surface area contributed by atoms with Crippen LogP contribution in [0.15, 0.2) is 18.2 Å². The van der Waals surface area contributed by atoms with Gasteiger partial charge in [0, 0.05) is 38.9 Å². The van der Waals surface area contributed by atoms with Crippen LogP contribution >= 0.6 is 0 Å². The SMILES string of the molecule is COCCCNC(=O)CCNc1ccc(C)cc1C. The van der Waals surface area contributed by atoms with Crippen molar-refractivity contribution < 1.29 is 9.53 Å². The average molecular weight is 264 g/mol. The van der Waals surface area contributed by atoms with E-state index in [9.17, 15) is 4.79 Å². The molecule has 0 aliphatic heterocycles. The molecule has 0 fully saturated rings. The summed E-state index contributed by atoms with van der Waals surface area (Å²) in [6.07, 6.45) is 1.34. The Bertz CT molecular complexity index is 405. The molecule has 1 aromatic carbocycles. The minimum Gasteiger partial charge on any atom is -0.385 e. The van der Waals surface area contributed by atoms with Crippen LogP contribution < -0.4 is 10.6 Å². The number of hydrogen-bond acceptors (Lipinski definition) is 3. The van der Waals surface area contributed by atoms with Crippen molar-refractivity contribution in [2.75, 3.05) is 32.1 Å². The van der Waals surface area contributed by atoms with Crippen molar-refractivity contribution in [3.63, 3.8) is 0 Å². The van der Waals surface area contributed by atoms with Gasteiger partial charge in [0.1, 0.15) is 0 Å². The number of hydrogen-bond donors (Lipinski definition) is 2. The molecule has 0 saturated heterocycles. The van der Waals surface area contributed by atoms with Gasteiger partial charge in [0.2, 0.25) is 5.91 Å². The molecule has 19 heavy (non-hydrogen) atoms. The molecule has 0 atom stereocenters. The Morgan fingerprint density at radius 3 is 2.74 bits per heavy atom. The number of methoxy groups -OCH3 is 1. The summed E-state index contributed by atoms with van der Waals surface area (Å²) >= 11 is 0. The predicted octanol–water partition coefficient (Wildman–Crippen LogP) is 2.26. The average Bonchev–Trinajstić information content (AvgIpc) is 2.37. The van der Waals surface area contributed by atoms with Crippen LogP contribution in [0, 0.1) is 13.8 Å². The second kappa shape index (κ2) is 8.53. The maximum atomic E-state index is 11.5. The lowest BCUT2D eigenvalue weighted by atomic mass is 10.1. The number of aryl methyl sites for hydroxylation is 2. The first kappa shape index (κ1) is 15.5. The molecule has 0 heterocycles. The van der Waals surface area contributed by atoms with Gasteiger partial charge in [-0.25, -0.2) is 0 Å². The number of carbonyl (C=O) groups excluding carboxylic acids is 1. The Hall–Kier alpha value is -1.55. The molecule has 1 aromatic rings. The molecule has 2 N–H and O–H groups in total. The van der Waals surface area contributed by atoms with Gasteiger partial charge >= 0.3 is 0 Å². The molecular weight excluding hydrogens is 240 g/mol. The first-order valence-corrected chi connectivity index (χ1v) is 6.70. The minimum atomic E-state index is 0.0772. The van der Waals surface area contributed by atoms with E-state index in [4.69, 9.17) is 4.74 Å². The van der Waals surface area contributed by atoms with E-state index in [1.807, 2.05) is 0 Å². The van der Waals surface area contributed by atoms with Gasteiger partial charge in [-0.15, -0.1) is 0 Å². The largest absolute Gasteiger partial charge is 0.385 e. The Kier molecular flexibility index (Phi) is 6.97. The normalized spacial score (nSPS) is 10.3. The van der Waals surface area contributed by atoms with Crippen molar-refractivity contribution in [3.05, 3.63) is 29.3 Å². The molecule has 1 rings (SSSR count). The molecule has 106 valence electrons. The molecule has 4 heteroatoms. The van der Waals surface area contributed by atoms with Gasteiger partial charge < -0.3 is 15.4 Å². The Morgan fingerprint density at radius 2 is 2.05 bits per heavy atom. The van der Waals surface area contributed by atoms with E-state index in [0.717, 1.165) is 12.1 Å². The summed E-state index contributed by atoms with van der Waals surface area (Å²) in [5, 5.41) is 6.16. The molecular formula is C15H24N2O2. The molecule has 0 radical (unpaired) electrons. The zero-order chi connectivity index (χ0) is 14.1. The Balaban J connectivity index is 2.20. The maximum absolute atomic E-state index is 11.5. The number of ether oxygens (including phenoxy) is 1.